The zero-order valence-electron chi connectivity index (χ0n) is 16.7. The molecule has 1 heterocycles. The fourth-order valence-electron chi connectivity index (χ4n) is 3.14. The highest BCUT2D eigenvalue weighted by Crippen LogP contribution is 2.23. The number of rotatable bonds is 6. The standard InChI is InChI=1S/C23H21ClN4O2/c1-3-30-19-10-8-18(9-11-19)28-26-21-12-15(2)20(14-22(21)27-28)25-23(29)13-16-4-6-17(24)7-5-16/h4-12,14H,3,13H2,1-2H3,(H,25,29). The summed E-state index contributed by atoms with van der Waals surface area (Å²) in [7, 11) is 0. The number of carbonyl (C=O) groups is 1. The van der Waals surface area contributed by atoms with Crippen LogP contribution in [0, 0.1) is 6.92 Å². The van der Waals surface area contributed by atoms with E-state index in [2.05, 4.69) is 15.5 Å². The molecule has 4 rings (SSSR count). The topological polar surface area (TPSA) is 69.0 Å². The van der Waals surface area contributed by atoms with E-state index in [1.165, 1.54) is 0 Å². The number of nitrogens with zero attached hydrogens (tertiary/aromatic N) is 3. The van der Waals surface area contributed by atoms with Crippen LogP contribution in [0.4, 0.5) is 5.69 Å². The molecule has 0 aliphatic heterocycles. The summed E-state index contributed by atoms with van der Waals surface area (Å²) in [4.78, 5) is 14.1. The van der Waals surface area contributed by atoms with Crippen molar-refractivity contribution in [1.29, 1.82) is 0 Å². The van der Waals surface area contributed by atoms with Gasteiger partial charge in [-0.1, -0.05) is 23.7 Å². The molecule has 0 bridgehead atoms. The summed E-state index contributed by atoms with van der Waals surface area (Å²) in [6, 6.07) is 18.6. The van der Waals surface area contributed by atoms with E-state index < -0.39 is 0 Å². The Morgan fingerprint density at radius 3 is 2.37 bits per heavy atom. The zero-order valence-corrected chi connectivity index (χ0v) is 17.5. The third kappa shape index (κ3) is 4.44. The van der Waals surface area contributed by atoms with Gasteiger partial charge in [0, 0.05) is 10.7 Å². The van der Waals surface area contributed by atoms with E-state index in [-0.39, 0.29) is 12.3 Å². The predicted octanol–water partition coefficient (Wildman–Crippen LogP) is 4.96. The minimum atomic E-state index is -0.0984. The molecule has 6 nitrogen and oxygen atoms in total. The van der Waals surface area contributed by atoms with Gasteiger partial charge in [0.05, 0.1) is 18.7 Å². The van der Waals surface area contributed by atoms with Crippen LogP contribution in [0.3, 0.4) is 0 Å². The molecule has 0 saturated carbocycles. The average molecular weight is 421 g/mol. The molecule has 0 aliphatic carbocycles. The van der Waals surface area contributed by atoms with E-state index >= 15 is 0 Å². The number of hydrogen-bond acceptors (Lipinski definition) is 4. The third-order valence-corrected chi connectivity index (χ3v) is 4.91. The van der Waals surface area contributed by atoms with Crippen LogP contribution >= 0.6 is 11.6 Å². The number of fused-ring (bicyclic) bond motifs is 1. The molecule has 1 aromatic heterocycles. The number of nitrogens with one attached hydrogen (secondary N) is 1. The second-order valence-corrected chi connectivity index (χ2v) is 7.36. The molecule has 0 atom stereocenters. The summed E-state index contributed by atoms with van der Waals surface area (Å²) >= 11 is 5.90. The summed E-state index contributed by atoms with van der Waals surface area (Å²) in [5, 5.41) is 12.7. The highest BCUT2D eigenvalue weighted by molar-refractivity contribution is 6.30. The lowest BCUT2D eigenvalue weighted by Crippen LogP contribution is -2.15. The Labute approximate surface area is 179 Å². The highest BCUT2D eigenvalue weighted by atomic mass is 35.5. The maximum Gasteiger partial charge on any atom is 0.228 e. The van der Waals surface area contributed by atoms with Crippen molar-refractivity contribution in [3.8, 4) is 11.4 Å². The third-order valence-electron chi connectivity index (χ3n) is 4.66. The number of aryl methyl sites for hydroxylation is 1. The van der Waals surface area contributed by atoms with Crippen LogP contribution in [0.1, 0.15) is 18.1 Å². The van der Waals surface area contributed by atoms with Gasteiger partial charge in [-0.05, 0) is 73.5 Å². The van der Waals surface area contributed by atoms with Crippen molar-refractivity contribution in [3.63, 3.8) is 0 Å². The van der Waals surface area contributed by atoms with Gasteiger partial charge in [-0.25, -0.2) is 0 Å². The molecule has 152 valence electrons. The van der Waals surface area contributed by atoms with E-state index in [0.717, 1.165) is 33.8 Å². The summed E-state index contributed by atoms with van der Waals surface area (Å²) in [6.07, 6.45) is 0.271. The molecule has 1 amide bonds. The van der Waals surface area contributed by atoms with Crippen LogP contribution in [0.25, 0.3) is 16.7 Å². The molecule has 1 N–H and O–H groups in total. The molecule has 0 radical (unpaired) electrons. The Kier molecular flexibility index (Phi) is 5.68. The van der Waals surface area contributed by atoms with Crippen molar-refractivity contribution in [2.75, 3.05) is 11.9 Å². The lowest BCUT2D eigenvalue weighted by molar-refractivity contribution is -0.115. The van der Waals surface area contributed by atoms with Gasteiger partial charge in [-0.2, -0.15) is 4.80 Å². The number of hydrogen-bond donors (Lipinski definition) is 1. The van der Waals surface area contributed by atoms with Crippen LogP contribution in [0.15, 0.2) is 60.7 Å². The van der Waals surface area contributed by atoms with Gasteiger partial charge in [0.2, 0.25) is 5.91 Å². The summed E-state index contributed by atoms with van der Waals surface area (Å²) in [5.41, 5.74) is 4.84. The van der Waals surface area contributed by atoms with Crippen molar-refractivity contribution in [3.05, 3.63) is 76.8 Å². The van der Waals surface area contributed by atoms with Crippen LogP contribution in [-0.2, 0) is 11.2 Å². The number of ether oxygens (including phenoxy) is 1. The Hall–Kier alpha value is -3.38. The predicted molar refractivity (Wildman–Crippen MR) is 119 cm³/mol. The Morgan fingerprint density at radius 2 is 1.70 bits per heavy atom. The van der Waals surface area contributed by atoms with E-state index in [0.29, 0.717) is 17.1 Å². The highest BCUT2D eigenvalue weighted by Gasteiger charge is 2.11. The summed E-state index contributed by atoms with van der Waals surface area (Å²) in [6.45, 7) is 4.51. The van der Waals surface area contributed by atoms with Crippen molar-refractivity contribution in [2.45, 2.75) is 20.3 Å². The minimum Gasteiger partial charge on any atom is -0.494 e. The van der Waals surface area contributed by atoms with E-state index in [9.17, 15) is 4.79 Å². The number of amides is 1. The summed E-state index contributed by atoms with van der Waals surface area (Å²) < 4.78 is 5.48. The van der Waals surface area contributed by atoms with Gasteiger partial charge < -0.3 is 10.1 Å². The van der Waals surface area contributed by atoms with Gasteiger partial charge in [-0.3, -0.25) is 4.79 Å². The Bertz CT molecular complexity index is 1180. The van der Waals surface area contributed by atoms with Gasteiger partial charge in [-0.15, -0.1) is 10.2 Å². The van der Waals surface area contributed by atoms with Crippen LogP contribution in [0.2, 0.25) is 5.02 Å². The fourth-order valence-corrected chi connectivity index (χ4v) is 3.27. The lowest BCUT2D eigenvalue weighted by atomic mass is 10.1. The first-order valence-corrected chi connectivity index (χ1v) is 10.0. The number of benzene rings is 3. The first kappa shape index (κ1) is 19.9. The second-order valence-electron chi connectivity index (χ2n) is 6.92. The first-order valence-electron chi connectivity index (χ1n) is 9.67. The molecule has 7 heteroatoms. The largest absolute Gasteiger partial charge is 0.494 e. The van der Waals surface area contributed by atoms with Crippen molar-refractivity contribution in [1.82, 2.24) is 15.0 Å². The molecular formula is C23H21ClN4O2. The van der Waals surface area contributed by atoms with E-state index in [1.54, 1.807) is 16.9 Å². The average Bonchev–Trinajstić information content (AvgIpc) is 3.13. The molecular weight excluding hydrogens is 400 g/mol. The monoisotopic (exact) mass is 420 g/mol. The molecule has 4 aromatic rings. The van der Waals surface area contributed by atoms with Crippen LogP contribution in [0.5, 0.6) is 5.75 Å². The number of carbonyl (C=O) groups excluding carboxylic acids is 1. The lowest BCUT2D eigenvalue weighted by Gasteiger charge is -2.08. The van der Waals surface area contributed by atoms with Gasteiger partial charge in [0.25, 0.3) is 0 Å². The zero-order chi connectivity index (χ0) is 21.1. The molecule has 0 fully saturated rings. The number of halogens is 1. The van der Waals surface area contributed by atoms with E-state index in [1.807, 2.05) is 62.4 Å². The molecule has 30 heavy (non-hydrogen) atoms. The van der Waals surface area contributed by atoms with E-state index in [4.69, 9.17) is 16.3 Å². The van der Waals surface area contributed by atoms with Gasteiger partial charge in [0.15, 0.2) is 0 Å². The Morgan fingerprint density at radius 1 is 1.03 bits per heavy atom. The van der Waals surface area contributed by atoms with Crippen LogP contribution in [-0.4, -0.2) is 27.5 Å². The maximum atomic E-state index is 12.5. The molecule has 3 aromatic carbocycles. The fraction of sp³-hybridized carbons (Fsp3) is 0.174. The number of aromatic nitrogens is 3. The SMILES string of the molecule is CCOc1ccc(-n2nc3cc(C)c(NC(=O)Cc4ccc(Cl)cc4)cc3n2)cc1. The maximum absolute atomic E-state index is 12.5. The molecule has 0 saturated heterocycles. The van der Waals surface area contributed by atoms with Crippen molar-refractivity contribution in [2.24, 2.45) is 0 Å². The van der Waals surface area contributed by atoms with Crippen molar-refractivity contribution >= 4 is 34.2 Å². The summed E-state index contributed by atoms with van der Waals surface area (Å²) in [5.74, 6) is 0.707. The molecule has 0 aliphatic rings. The Balaban J connectivity index is 1.54. The minimum absolute atomic E-state index is 0.0984. The smallest absolute Gasteiger partial charge is 0.228 e. The first-order chi connectivity index (χ1) is 14.5. The van der Waals surface area contributed by atoms with Crippen molar-refractivity contribution < 1.29 is 9.53 Å². The number of anilines is 1. The van der Waals surface area contributed by atoms with Gasteiger partial charge in [0.1, 0.15) is 16.8 Å². The molecule has 0 spiro atoms. The normalized spacial score (nSPS) is 10.9. The molecule has 0 unspecified atom stereocenters. The quantitative estimate of drug-likeness (QED) is 0.478. The second kappa shape index (κ2) is 8.55. The van der Waals surface area contributed by atoms with Gasteiger partial charge >= 0.3 is 0 Å². The van der Waals surface area contributed by atoms with Crippen LogP contribution < -0.4 is 10.1 Å².